The number of esters is 1. The number of hydrogen-bond donors (Lipinski definition) is 2. The van der Waals surface area contributed by atoms with Crippen molar-refractivity contribution >= 4 is 23.1 Å². The number of aromatic hydroxyl groups is 2. The highest BCUT2D eigenvalue weighted by atomic mass is 16.5. The van der Waals surface area contributed by atoms with Crippen LogP contribution in [0.25, 0.3) is 0 Å². The fourth-order valence-electron chi connectivity index (χ4n) is 1.86. The van der Waals surface area contributed by atoms with Crippen molar-refractivity contribution in [3.63, 3.8) is 0 Å². The summed E-state index contributed by atoms with van der Waals surface area (Å²) in [6.07, 6.45) is 0. The second kappa shape index (κ2) is 6.69. The molecule has 0 bridgehead atoms. The SMILES string of the molecule is COC(=O)c1ccc(N=Nc2ccc(C(C)=O)c(O)c2)cc1O. The third-order valence-corrected chi connectivity index (χ3v) is 3.03. The largest absolute Gasteiger partial charge is 0.507 e. The number of rotatable bonds is 4. The Morgan fingerprint density at radius 1 is 0.913 bits per heavy atom. The highest BCUT2D eigenvalue weighted by Crippen LogP contribution is 2.28. The minimum Gasteiger partial charge on any atom is -0.507 e. The smallest absolute Gasteiger partial charge is 0.341 e. The van der Waals surface area contributed by atoms with Crippen LogP contribution in [0.5, 0.6) is 11.5 Å². The predicted octanol–water partition coefficient (Wildman–Crippen LogP) is 3.50. The molecule has 0 saturated heterocycles. The Morgan fingerprint density at radius 3 is 1.78 bits per heavy atom. The molecule has 0 unspecified atom stereocenters. The first-order valence-corrected chi connectivity index (χ1v) is 6.59. The summed E-state index contributed by atoms with van der Waals surface area (Å²) in [5, 5.41) is 27.3. The molecule has 0 saturated carbocycles. The average molecular weight is 314 g/mol. The van der Waals surface area contributed by atoms with E-state index in [4.69, 9.17) is 0 Å². The number of carbonyl (C=O) groups is 2. The van der Waals surface area contributed by atoms with Crippen molar-refractivity contribution in [1.82, 2.24) is 0 Å². The number of nitrogens with zero attached hydrogens (tertiary/aromatic N) is 2. The average Bonchev–Trinajstić information content (AvgIpc) is 2.52. The van der Waals surface area contributed by atoms with E-state index in [-0.39, 0.29) is 28.4 Å². The van der Waals surface area contributed by atoms with Crippen molar-refractivity contribution in [3.05, 3.63) is 47.5 Å². The molecule has 2 N–H and O–H groups in total. The third-order valence-electron chi connectivity index (χ3n) is 3.03. The molecule has 2 aromatic carbocycles. The molecule has 0 heterocycles. The van der Waals surface area contributed by atoms with Crippen molar-refractivity contribution in [3.8, 4) is 11.5 Å². The maximum absolute atomic E-state index is 11.4. The lowest BCUT2D eigenvalue weighted by Crippen LogP contribution is -2.00. The van der Waals surface area contributed by atoms with Gasteiger partial charge in [-0.05, 0) is 31.2 Å². The van der Waals surface area contributed by atoms with Gasteiger partial charge in [0.25, 0.3) is 0 Å². The van der Waals surface area contributed by atoms with E-state index in [1.54, 1.807) is 0 Å². The number of benzene rings is 2. The molecule has 7 heteroatoms. The highest BCUT2D eigenvalue weighted by molar-refractivity contribution is 5.97. The Labute approximate surface area is 131 Å². The van der Waals surface area contributed by atoms with Crippen LogP contribution in [0.3, 0.4) is 0 Å². The summed E-state index contributed by atoms with van der Waals surface area (Å²) < 4.78 is 4.52. The molecular formula is C16H14N2O5. The minimum absolute atomic E-state index is 0.0231. The Bertz CT molecular complexity index is 799. The summed E-state index contributed by atoms with van der Waals surface area (Å²) in [5.41, 5.74) is 0.869. The molecule has 0 aliphatic carbocycles. The summed E-state index contributed by atoms with van der Waals surface area (Å²) in [6, 6.07) is 8.40. The van der Waals surface area contributed by atoms with Gasteiger partial charge in [-0.25, -0.2) is 4.79 Å². The van der Waals surface area contributed by atoms with Gasteiger partial charge in [-0.3, -0.25) is 4.79 Å². The Morgan fingerprint density at radius 2 is 1.39 bits per heavy atom. The van der Waals surface area contributed by atoms with E-state index in [0.717, 1.165) is 0 Å². The monoisotopic (exact) mass is 314 g/mol. The zero-order valence-corrected chi connectivity index (χ0v) is 12.5. The van der Waals surface area contributed by atoms with Gasteiger partial charge in [-0.2, -0.15) is 10.2 Å². The van der Waals surface area contributed by atoms with Gasteiger partial charge >= 0.3 is 5.97 Å². The number of methoxy groups -OCH3 is 1. The molecule has 0 aliphatic heterocycles. The number of ketones is 1. The van der Waals surface area contributed by atoms with Gasteiger partial charge in [0, 0.05) is 12.1 Å². The van der Waals surface area contributed by atoms with Gasteiger partial charge in [-0.1, -0.05) is 0 Å². The van der Waals surface area contributed by atoms with Crippen molar-refractivity contribution in [2.24, 2.45) is 10.2 Å². The van der Waals surface area contributed by atoms with E-state index in [0.29, 0.717) is 11.4 Å². The second-order valence-electron chi connectivity index (χ2n) is 4.65. The topological polar surface area (TPSA) is 109 Å². The first-order valence-electron chi connectivity index (χ1n) is 6.59. The summed E-state index contributed by atoms with van der Waals surface area (Å²) in [4.78, 5) is 22.6. The molecule has 0 radical (unpaired) electrons. The van der Waals surface area contributed by atoms with Crippen molar-refractivity contribution < 1.29 is 24.5 Å². The fourth-order valence-corrected chi connectivity index (χ4v) is 1.86. The van der Waals surface area contributed by atoms with Crippen LogP contribution in [0.4, 0.5) is 11.4 Å². The summed E-state index contributed by atoms with van der Waals surface area (Å²) >= 11 is 0. The highest BCUT2D eigenvalue weighted by Gasteiger charge is 2.11. The van der Waals surface area contributed by atoms with Crippen LogP contribution in [0, 0.1) is 0 Å². The van der Waals surface area contributed by atoms with E-state index in [2.05, 4.69) is 15.0 Å². The third kappa shape index (κ3) is 3.70. The zero-order chi connectivity index (χ0) is 17.0. The lowest BCUT2D eigenvalue weighted by Gasteiger charge is -2.03. The second-order valence-corrected chi connectivity index (χ2v) is 4.65. The van der Waals surface area contributed by atoms with Crippen molar-refractivity contribution in [1.29, 1.82) is 0 Å². The summed E-state index contributed by atoms with van der Waals surface area (Å²) in [7, 11) is 1.21. The van der Waals surface area contributed by atoms with Crippen LogP contribution in [-0.2, 0) is 4.74 Å². The quantitative estimate of drug-likeness (QED) is 0.510. The van der Waals surface area contributed by atoms with Crippen molar-refractivity contribution in [2.45, 2.75) is 6.92 Å². The van der Waals surface area contributed by atoms with Gasteiger partial charge < -0.3 is 14.9 Å². The van der Waals surface area contributed by atoms with Gasteiger partial charge in [0.15, 0.2) is 5.78 Å². The molecule has 0 aliphatic rings. The van der Waals surface area contributed by atoms with Gasteiger partial charge in [0.2, 0.25) is 0 Å². The number of phenols is 2. The van der Waals surface area contributed by atoms with Crippen molar-refractivity contribution in [2.75, 3.05) is 7.11 Å². The number of carbonyl (C=O) groups excluding carboxylic acids is 2. The molecular weight excluding hydrogens is 300 g/mol. The summed E-state index contributed by atoms with van der Waals surface area (Å²) in [5.74, 6) is -1.37. The van der Waals surface area contributed by atoms with Crippen LogP contribution in [-0.4, -0.2) is 29.1 Å². The summed E-state index contributed by atoms with van der Waals surface area (Å²) in [6.45, 7) is 1.35. The Hall–Kier alpha value is -3.22. The predicted molar refractivity (Wildman–Crippen MR) is 81.7 cm³/mol. The molecule has 0 amide bonds. The van der Waals surface area contributed by atoms with Crippen LogP contribution in [0.1, 0.15) is 27.6 Å². The maximum atomic E-state index is 11.4. The maximum Gasteiger partial charge on any atom is 0.341 e. The van der Waals surface area contributed by atoms with E-state index >= 15 is 0 Å². The van der Waals surface area contributed by atoms with E-state index < -0.39 is 5.97 Å². The van der Waals surface area contributed by atoms with Crippen LogP contribution < -0.4 is 0 Å². The van der Waals surface area contributed by atoms with E-state index in [9.17, 15) is 19.8 Å². The molecule has 0 fully saturated rings. The first kappa shape index (κ1) is 16.2. The molecule has 7 nitrogen and oxygen atoms in total. The molecule has 0 aromatic heterocycles. The standard InChI is InChI=1S/C16H14N2O5/c1-9(19)12-5-3-10(7-14(12)20)17-18-11-4-6-13(15(21)8-11)16(22)23-2/h3-8,20-21H,1-2H3. The lowest BCUT2D eigenvalue weighted by molar-refractivity contribution is 0.0597. The molecule has 2 aromatic rings. The number of phenolic OH excluding ortho intramolecular Hbond substituents is 2. The van der Waals surface area contributed by atoms with Gasteiger partial charge in [-0.15, -0.1) is 0 Å². The lowest BCUT2D eigenvalue weighted by atomic mass is 10.1. The van der Waals surface area contributed by atoms with Gasteiger partial charge in [0.1, 0.15) is 17.1 Å². The number of hydrogen-bond acceptors (Lipinski definition) is 7. The van der Waals surface area contributed by atoms with Crippen LogP contribution in [0.15, 0.2) is 46.6 Å². The molecule has 0 spiro atoms. The molecule has 23 heavy (non-hydrogen) atoms. The molecule has 2 rings (SSSR count). The molecule has 0 atom stereocenters. The van der Waals surface area contributed by atoms with E-state index in [1.165, 1.54) is 50.4 Å². The number of azo groups is 1. The Balaban J connectivity index is 2.24. The Kier molecular flexibility index (Phi) is 4.70. The van der Waals surface area contributed by atoms with E-state index in [1.807, 2.05) is 0 Å². The first-order chi connectivity index (χ1) is 10.9. The normalized spacial score (nSPS) is 10.7. The van der Waals surface area contributed by atoms with Crippen LogP contribution >= 0.6 is 0 Å². The minimum atomic E-state index is -0.657. The van der Waals surface area contributed by atoms with Crippen LogP contribution in [0.2, 0.25) is 0 Å². The fraction of sp³-hybridized carbons (Fsp3) is 0.125. The molecule has 118 valence electrons. The van der Waals surface area contributed by atoms with Gasteiger partial charge in [0.05, 0.1) is 24.0 Å². The number of Topliss-reactive ketones (excluding diaryl/α,β-unsaturated/α-hetero) is 1. The number of ether oxygens (including phenoxy) is 1. The zero-order valence-electron chi connectivity index (χ0n) is 12.5.